The Morgan fingerprint density at radius 2 is 2.35 bits per heavy atom. The molecule has 5 nitrogen and oxygen atoms in total. The van der Waals surface area contributed by atoms with E-state index in [-0.39, 0.29) is 22.3 Å². The Morgan fingerprint density at radius 1 is 1.60 bits per heavy atom. The summed E-state index contributed by atoms with van der Waals surface area (Å²) in [5.74, 6) is 0. The lowest BCUT2D eigenvalue weighted by atomic mass is 9.90. The van der Waals surface area contributed by atoms with Crippen LogP contribution in [0.5, 0.6) is 0 Å². The Bertz CT molecular complexity index is 509. The molecule has 1 fully saturated rings. The third kappa shape index (κ3) is 3.49. The van der Waals surface area contributed by atoms with E-state index in [1.807, 2.05) is 6.07 Å². The molecule has 0 aromatic heterocycles. The molecule has 1 N–H and O–H groups in total. The molecule has 0 spiro atoms. The van der Waals surface area contributed by atoms with Crippen LogP contribution in [0.4, 0.5) is 11.4 Å². The van der Waals surface area contributed by atoms with E-state index in [1.165, 1.54) is 0 Å². The van der Waals surface area contributed by atoms with E-state index in [2.05, 4.69) is 35.1 Å². The van der Waals surface area contributed by atoms with Gasteiger partial charge in [-0.3, -0.25) is 10.1 Å². The monoisotopic (exact) mass is 342 g/mol. The van der Waals surface area contributed by atoms with E-state index < -0.39 is 0 Å². The lowest BCUT2D eigenvalue weighted by Gasteiger charge is -2.38. The molecule has 1 saturated heterocycles. The zero-order valence-electron chi connectivity index (χ0n) is 11.7. The molecule has 110 valence electrons. The van der Waals surface area contributed by atoms with Gasteiger partial charge in [0.1, 0.15) is 0 Å². The molecule has 1 aromatic rings. The van der Waals surface area contributed by atoms with Crippen LogP contribution in [-0.4, -0.2) is 23.2 Å². The van der Waals surface area contributed by atoms with Gasteiger partial charge in [0.05, 0.1) is 15.0 Å². The molecule has 0 amide bonds. The number of halogens is 1. The number of nitro benzene ring substituents is 1. The van der Waals surface area contributed by atoms with Gasteiger partial charge in [-0.05, 0) is 54.2 Å². The first-order chi connectivity index (χ1) is 9.43. The van der Waals surface area contributed by atoms with Crippen molar-refractivity contribution in [3.05, 3.63) is 32.8 Å². The molecule has 2 unspecified atom stereocenters. The topological polar surface area (TPSA) is 64.4 Å². The Labute approximate surface area is 127 Å². The van der Waals surface area contributed by atoms with Crippen molar-refractivity contribution in [2.24, 2.45) is 0 Å². The molecule has 0 radical (unpaired) electrons. The van der Waals surface area contributed by atoms with Crippen LogP contribution in [0.15, 0.2) is 22.7 Å². The highest BCUT2D eigenvalue weighted by Crippen LogP contribution is 2.32. The van der Waals surface area contributed by atoms with Crippen molar-refractivity contribution in [2.45, 2.75) is 44.8 Å². The molecule has 1 aliphatic rings. The van der Waals surface area contributed by atoms with E-state index in [0.29, 0.717) is 4.47 Å². The fourth-order valence-corrected chi connectivity index (χ4v) is 2.87. The number of hydrogen-bond acceptors (Lipinski definition) is 4. The van der Waals surface area contributed by atoms with Crippen molar-refractivity contribution in [3.63, 3.8) is 0 Å². The van der Waals surface area contributed by atoms with Crippen molar-refractivity contribution in [1.82, 2.24) is 0 Å². The summed E-state index contributed by atoms with van der Waals surface area (Å²) in [5, 5.41) is 14.3. The van der Waals surface area contributed by atoms with Crippen molar-refractivity contribution in [2.75, 3.05) is 11.9 Å². The molecule has 0 bridgehead atoms. The minimum absolute atomic E-state index is 0.0836. The van der Waals surface area contributed by atoms with Crippen molar-refractivity contribution in [3.8, 4) is 0 Å². The van der Waals surface area contributed by atoms with Crippen LogP contribution in [-0.2, 0) is 4.74 Å². The first-order valence-electron chi connectivity index (χ1n) is 6.78. The Hall–Kier alpha value is -1.14. The van der Waals surface area contributed by atoms with Gasteiger partial charge in [-0.15, -0.1) is 0 Å². The third-order valence-corrected chi connectivity index (χ3v) is 4.53. The average Bonchev–Trinajstić information content (AvgIpc) is 2.41. The molecular weight excluding hydrogens is 324 g/mol. The molecule has 0 aliphatic carbocycles. The number of nitrogens with zero attached hydrogens (tertiary/aromatic N) is 1. The molecule has 1 aromatic carbocycles. The van der Waals surface area contributed by atoms with Crippen LogP contribution in [0.3, 0.4) is 0 Å². The highest BCUT2D eigenvalue weighted by atomic mass is 79.9. The number of anilines is 1. The van der Waals surface area contributed by atoms with E-state index in [1.54, 1.807) is 12.1 Å². The van der Waals surface area contributed by atoms with Gasteiger partial charge in [-0.1, -0.05) is 6.92 Å². The Kier molecular flexibility index (Phi) is 4.65. The quantitative estimate of drug-likeness (QED) is 0.660. The Morgan fingerprint density at radius 3 is 3.00 bits per heavy atom. The van der Waals surface area contributed by atoms with Crippen LogP contribution >= 0.6 is 15.9 Å². The maximum atomic E-state index is 10.9. The molecule has 20 heavy (non-hydrogen) atoms. The fraction of sp³-hybridized carbons (Fsp3) is 0.571. The number of nitrogens with one attached hydrogen (secondary N) is 1. The second-order valence-corrected chi connectivity index (χ2v) is 6.26. The minimum Gasteiger partial charge on any atom is -0.382 e. The molecule has 6 heteroatoms. The summed E-state index contributed by atoms with van der Waals surface area (Å²) in [6.45, 7) is 4.96. The van der Waals surface area contributed by atoms with Crippen molar-refractivity contribution >= 4 is 27.3 Å². The van der Waals surface area contributed by atoms with Crippen LogP contribution in [0.25, 0.3) is 0 Å². The first-order valence-corrected chi connectivity index (χ1v) is 7.57. The summed E-state index contributed by atoms with van der Waals surface area (Å²) in [4.78, 5) is 10.6. The predicted octanol–water partition coefficient (Wildman–Crippen LogP) is 4.12. The lowest BCUT2D eigenvalue weighted by Crippen LogP contribution is -2.41. The SMILES string of the molecule is CCC1(C)CC(Nc2ccc(Br)c([N+](=O)[O-])c2)CCO1. The van der Waals surface area contributed by atoms with Crippen LogP contribution < -0.4 is 5.32 Å². The first kappa shape index (κ1) is 15.3. The van der Waals surface area contributed by atoms with Crippen LogP contribution in [0.2, 0.25) is 0 Å². The zero-order valence-corrected chi connectivity index (χ0v) is 13.3. The summed E-state index contributed by atoms with van der Waals surface area (Å²) >= 11 is 3.20. The standard InChI is InChI=1S/C14H19BrN2O3/c1-3-14(2)9-11(6-7-20-14)16-10-4-5-12(15)13(8-10)17(18)19/h4-5,8,11,16H,3,6-7,9H2,1-2H3. The van der Waals surface area contributed by atoms with Gasteiger partial charge in [0.25, 0.3) is 5.69 Å². The number of rotatable bonds is 4. The van der Waals surface area contributed by atoms with E-state index in [0.717, 1.165) is 31.6 Å². The smallest absolute Gasteiger partial charge is 0.285 e. The summed E-state index contributed by atoms with van der Waals surface area (Å²) in [6.07, 6.45) is 2.79. The number of hydrogen-bond donors (Lipinski definition) is 1. The molecule has 1 heterocycles. The van der Waals surface area contributed by atoms with Gasteiger partial charge in [0.15, 0.2) is 0 Å². The van der Waals surface area contributed by atoms with E-state index >= 15 is 0 Å². The van der Waals surface area contributed by atoms with E-state index in [9.17, 15) is 10.1 Å². The zero-order chi connectivity index (χ0) is 14.8. The van der Waals surface area contributed by atoms with Gasteiger partial charge in [-0.25, -0.2) is 0 Å². The number of ether oxygens (including phenoxy) is 1. The molecular formula is C14H19BrN2O3. The Balaban J connectivity index is 2.10. The van der Waals surface area contributed by atoms with Gasteiger partial charge in [0.2, 0.25) is 0 Å². The highest BCUT2D eigenvalue weighted by Gasteiger charge is 2.31. The molecule has 2 atom stereocenters. The van der Waals surface area contributed by atoms with Gasteiger partial charge in [0, 0.05) is 24.4 Å². The fourth-order valence-electron chi connectivity index (χ4n) is 2.48. The van der Waals surface area contributed by atoms with Crippen molar-refractivity contribution in [1.29, 1.82) is 0 Å². The summed E-state index contributed by atoms with van der Waals surface area (Å²) in [7, 11) is 0. The minimum atomic E-state index is -0.380. The average molecular weight is 343 g/mol. The lowest BCUT2D eigenvalue weighted by molar-refractivity contribution is -0.385. The van der Waals surface area contributed by atoms with Crippen LogP contribution in [0.1, 0.15) is 33.1 Å². The molecule has 0 saturated carbocycles. The largest absolute Gasteiger partial charge is 0.382 e. The third-order valence-electron chi connectivity index (χ3n) is 3.86. The second-order valence-electron chi connectivity index (χ2n) is 5.41. The summed E-state index contributed by atoms with van der Waals surface area (Å²) in [6, 6.07) is 5.42. The van der Waals surface area contributed by atoms with Crippen LogP contribution in [0, 0.1) is 10.1 Å². The number of benzene rings is 1. The maximum Gasteiger partial charge on any atom is 0.285 e. The normalized spacial score (nSPS) is 26.2. The van der Waals surface area contributed by atoms with Gasteiger partial charge in [-0.2, -0.15) is 0 Å². The molecule has 1 aliphatic heterocycles. The highest BCUT2D eigenvalue weighted by molar-refractivity contribution is 9.10. The number of nitro groups is 1. The van der Waals surface area contributed by atoms with E-state index in [4.69, 9.17) is 4.74 Å². The van der Waals surface area contributed by atoms with Gasteiger partial charge >= 0.3 is 0 Å². The maximum absolute atomic E-state index is 10.9. The summed E-state index contributed by atoms with van der Waals surface area (Å²) in [5.41, 5.74) is 0.766. The predicted molar refractivity (Wildman–Crippen MR) is 82.1 cm³/mol. The summed E-state index contributed by atoms with van der Waals surface area (Å²) < 4.78 is 6.31. The molecule has 2 rings (SSSR count). The van der Waals surface area contributed by atoms with Crippen molar-refractivity contribution < 1.29 is 9.66 Å². The second kappa shape index (κ2) is 6.10. The van der Waals surface area contributed by atoms with Gasteiger partial charge < -0.3 is 10.1 Å².